The lowest BCUT2D eigenvalue weighted by molar-refractivity contribution is -0.122. The van der Waals surface area contributed by atoms with Crippen molar-refractivity contribution < 1.29 is 9.53 Å². The number of aromatic nitrogens is 2. The number of carbonyl (C=O) groups excluding carboxylic acids is 1. The number of ether oxygens (including phenoxy) is 1. The number of nitrogens with zero attached hydrogens (tertiary/aromatic N) is 4. The largest absolute Gasteiger partial charge is 0.379 e. The van der Waals surface area contributed by atoms with Crippen LogP contribution in [-0.2, 0) is 9.53 Å². The summed E-state index contributed by atoms with van der Waals surface area (Å²) in [7, 11) is 0. The second-order valence-corrected chi connectivity index (χ2v) is 11.2. The molecule has 0 radical (unpaired) electrons. The van der Waals surface area contributed by atoms with Crippen molar-refractivity contribution in [3.8, 4) is 0 Å². The summed E-state index contributed by atoms with van der Waals surface area (Å²) in [6.45, 7) is 9.81. The lowest BCUT2D eigenvalue weighted by Gasteiger charge is -2.26. The molecule has 4 heterocycles. The quantitative estimate of drug-likeness (QED) is 0.241. The number of thiocarbonyl (C=S) groups is 1. The molecule has 0 atom stereocenters. The average molecular weight is 544 g/mol. The second kappa shape index (κ2) is 13.5. The minimum Gasteiger partial charge on any atom is -0.379 e. The van der Waals surface area contributed by atoms with Gasteiger partial charge in [0.05, 0.1) is 23.7 Å². The Kier molecular flexibility index (Phi) is 10.1. The second-order valence-electron chi connectivity index (χ2n) is 9.55. The number of aryl methyl sites for hydroxylation is 1. The first-order chi connectivity index (χ1) is 18.0. The molecule has 0 bridgehead atoms. The van der Waals surface area contributed by atoms with Crippen molar-refractivity contribution in [1.29, 1.82) is 0 Å². The number of unbranched alkanes of at least 4 members (excludes halogenated alkanes) is 4. The summed E-state index contributed by atoms with van der Waals surface area (Å²) in [5.41, 5.74) is 1.71. The van der Waals surface area contributed by atoms with Crippen molar-refractivity contribution >= 4 is 51.7 Å². The first-order valence-electron chi connectivity index (χ1n) is 13.3. The highest BCUT2D eigenvalue weighted by Crippen LogP contribution is 2.33. The van der Waals surface area contributed by atoms with Gasteiger partial charge < -0.3 is 10.1 Å². The minimum atomic E-state index is -0.200. The van der Waals surface area contributed by atoms with Gasteiger partial charge in [0.15, 0.2) is 0 Å². The predicted molar refractivity (Wildman–Crippen MR) is 155 cm³/mol. The van der Waals surface area contributed by atoms with Crippen LogP contribution in [0.3, 0.4) is 0 Å². The Morgan fingerprint density at radius 1 is 1.14 bits per heavy atom. The number of amides is 1. The van der Waals surface area contributed by atoms with Gasteiger partial charge in [0.1, 0.15) is 15.8 Å². The third-order valence-corrected chi connectivity index (χ3v) is 8.14. The number of anilines is 1. The molecule has 1 N–H and O–H groups in total. The van der Waals surface area contributed by atoms with Crippen LogP contribution in [0.15, 0.2) is 28.0 Å². The Labute approximate surface area is 228 Å². The van der Waals surface area contributed by atoms with Gasteiger partial charge in [0.2, 0.25) is 0 Å². The number of fused-ring (bicyclic) bond motifs is 1. The monoisotopic (exact) mass is 543 g/mol. The van der Waals surface area contributed by atoms with Gasteiger partial charge in [0.25, 0.3) is 11.5 Å². The van der Waals surface area contributed by atoms with Crippen LogP contribution in [0.4, 0.5) is 5.82 Å². The third kappa shape index (κ3) is 6.98. The highest BCUT2D eigenvalue weighted by atomic mass is 32.2. The highest BCUT2D eigenvalue weighted by Gasteiger charge is 2.32. The first-order valence-corrected chi connectivity index (χ1v) is 14.5. The van der Waals surface area contributed by atoms with Crippen molar-refractivity contribution in [2.24, 2.45) is 0 Å². The Morgan fingerprint density at radius 3 is 2.70 bits per heavy atom. The molecule has 1 amide bonds. The maximum absolute atomic E-state index is 13.6. The number of morpholine rings is 1. The first kappa shape index (κ1) is 27.8. The number of pyridine rings is 1. The number of rotatable bonds is 12. The zero-order valence-corrected chi connectivity index (χ0v) is 23.5. The predicted octanol–water partition coefficient (Wildman–Crippen LogP) is 4.31. The minimum absolute atomic E-state index is 0.127. The van der Waals surface area contributed by atoms with Crippen LogP contribution in [0.5, 0.6) is 0 Å². The maximum Gasteiger partial charge on any atom is 0.267 e. The molecule has 2 aromatic heterocycles. The summed E-state index contributed by atoms with van der Waals surface area (Å²) in [6.07, 6.45) is 9.87. The van der Waals surface area contributed by atoms with Crippen molar-refractivity contribution in [3.63, 3.8) is 0 Å². The van der Waals surface area contributed by atoms with Gasteiger partial charge in [-0.15, -0.1) is 0 Å². The van der Waals surface area contributed by atoms with Crippen LogP contribution in [0, 0.1) is 6.92 Å². The fraction of sp³-hybridized carbons (Fsp3) is 0.556. The molecular formula is C27H37N5O3S2. The van der Waals surface area contributed by atoms with Crippen LogP contribution < -0.4 is 10.9 Å². The van der Waals surface area contributed by atoms with E-state index in [1.807, 2.05) is 19.1 Å². The zero-order valence-electron chi connectivity index (χ0n) is 21.8. The zero-order chi connectivity index (χ0) is 26.2. The summed E-state index contributed by atoms with van der Waals surface area (Å²) >= 11 is 6.78. The van der Waals surface area contributed by atoms with Crippen molar-refractivity contribution in [2.45, 2.75) is 52.4 Å². The van der Waals surface area contributed by atoms with Crippen molar-refractivity contribution in [2.75, 3.05) is 51.3 Å². The molecule has 10 heteroatoms. The maximum atomic E-state index is 13.6. The highest BCUT2D eigenvalue weighted by molar-refractivity contribution is 8.26. The van der Waals surface area contributed by atoms with Gasteiger partial charge >= 0.3 is 0 Å². The lowest BCUT2D eigenvalue weighted by atomic mass is 10.1. The van der Waals surface area contributed by atoms with E-state index in [1.165, 1.54) is 31.0 Å². The van der Waals surface area contributed by atoms with E-state index in [0.29, 0.717) is 39.3 Å². The number of hydrogen-bond donors (Lipinski definition) is 1. The van der Waals surface area contributed by atoms with E-state index < -0.39 is 0 Å². The smallest absolute Gasteiger partial charge is 0.267 e. The molecule has 37 heavy (non-hydrogen) atoms. The number of hydrogen-bond acceptors (Lipinski definition) is 8. The van der Waals surface area contributed by atoms with Crippen LogP contribution >= 0.6 is 24.0 Å². The van der Waals surface area contributed by atoms with E-state index in [-0.39, 0.29) is 11.5 Å². The Morgan fingerprint density at radius 2 is 1.92 bits per heavy atom. The molecule has 200 valence electrons. The number of carbonyl (C=O) groups is 1. The van der Waals surface area contributed by atoms with Crippen LogP contribution in [0.25, 0.3) is 11.7 Å². The molecule has 8 nitrogen and oxygen atoms in total. The molecule has 2 saturated heterocycles. The number of thioether (sulfide) groups is 1. The Bertz CT molecular complexity index is 1210. The molecule has 2 aliphatic rings. The summed E-state index contributed by atoms with van der Waals surface area (Å²) in [6, 6.07) is 3.78. The third-order valence-electron chi connectivity index (χ3n) is 6.77. The topological polar surface area (TPSA) is 79.2 Å². The Balaban J connectivity index is 1.54. The van der Waals surface area contributed by atoms with Crippen molar-refractivity contribution in [3.05, 3.63) is 44.7 Å². The van der Waals surface area contributed by atoms with Gasteiger partial charge in [0, 0.05) is 32.4 Å². The van der Waals surface area contributed by atoms with E-state index in [4.69, 9.17) is 21.9 Å². The Hall–Kier alpha value is -2.27. The molecule has 0 saturated carbocycles. The standard InChI is InChI=1S/C27H37N5O3S2/c1-3-4-5-6-7-13-32-26(34)22(37-27(32)36)19-21-23(28-11-9-12-30-15-17-35-18-16-30)29-24-20(2)10-8-14-31(24)25(21)33/h8,10,14,19,28H,3-7,9,11-13,15-18H2,1-2H3/b22-19-. The van der Waals surface area contributed by atoms with E-state index in [2.05, 4.69) is 17.1 Å². The van der Waals surface area contributed by atoms with Gasteiger partial charge in [-0.2, -0.15) is 0 Å². The average Bonchev–Trinajstić information content (AvgIpc) is 3.17. The molecule has 2 aliphatic heterocycles. The molecule has 0 aromatic carbocycles. The molecule has 2 aromatic rings. The lowest BCUT2D eigenvalue weighted by Crippen LogP contribution is -2.37. The summed E-state index contributed by atoms with van der Waals surface area (Å²) < 4.78 is 7.53. The van der Waals surface area contributed by atoms with Gasteiger partial charge in [-0.25, -0.2) is 4.98 Å². The summed E-state index contributed by atoms with van der Waals surface area (Å²) in [5, 5.41) is 3.38. The van der Waals surface area contributed by atoms with Gasteiger partial charge in [-0.1, -0.05) is 62.7 Å². The van der Waals surface area contributed by atoms with Crippen LogP contribution in [0.2, 0.25) is 0 Å². The fourth-order valence-corrected chi connectivity index (χ4v) is 5.90. The fourth-order valence-electron chi connectivity index (χ4n) is 4.61. The molecular weight excluding hydrogens is 506 g/mol. The van der Waals surface area contributed by atoms with Crippen LogP contribution in [0.1, 0.15) is 56.6 Å². The van der Waals surface area contributed by atoms with Gasteiger partial charge in [-0.3, -0.25) is 23.8 Å². The normalized spacial score (nSPS) is 17.9. The van der Waals surface area contributed by atoms with Gasteiger partial charge in [-0.05, 0) is 44.0 Å². The SMILES string of the molecule is CCCCCCCN1C(=O)/C(=C/c2c(NCCCN3CCOCC3)nc3c(C)cccn3c2=O)SC1=S. The van der Waals surface area contributed by atoms with E-state index in [1.54, 1.807) is 21.6 Å². The number of nitrogens with one attached hydrogen (secondary N) is 1. The van der Waals surface area contributed by atoms with E-state index in [9.17, 15) is 9.59 Å². The van der Waals surface area contributed by atoms with E-state index >= 15 is 0 Å². The van der Waals surface area contributed by atoms with Crippen LogP contribution in [-0.4, -0.2) is 75.3 Å². The molecule has 0 spiro atoms. The molecule has 0 unspecified atom stereocenters. The molecule has 0 aliphatic carbocycles. The van der Waals surface area contributed by atoms with E-state index in [0.717, 1.165) is 57.7 Å². The summed E-state index contributed by atoms with van der Waals surface area (Å²) in [5.74, 6) is 0.378. The molecule has 4 rings (SSSR count). The molecule has 2 fully saturated rings. The summed E-state index contributed by atoms with van der Waals surface area (Å²) in [4.78, 5) is 36.1. The van der Waals surface area contributed by atoms with Crippen molar-refractivity contribution in [1.82, 2.24) is 19.2 Å².